The molecular weight excluding hydrogens is 483 g/mol. The number of rotatable bonds is 4. The molecule has 3 aromatic heterocycles. The van der Waals surface area contributed by atoms with Gasteiger partial charge < -0.3 is 0 Å². The van der Waals surface area contributed by atoms with Gasteiger partial charge in [0.1, 0.15) is 6.07 Å². The highest BCUT2D eigenvalue weighted by atomic mass is 32.1. The highest BCUT2D eigenvalue weighted by molar-refractivity contribution is 7.24. The molecule has 35 heavy (non-hydrogen) atoms. The zero-order chi connectivity index (χ0) is 24.2. The Kier molecular flexibility index (Phi) is 5.38. The molecule has 0 fully saturated rings. The van der Waals surface area contributed by atoms with Crippen molar-refractivity contribution >= 4 is 45.7 Å². The van der Waals surface area contributed by atoms with Gasteiger partial charge in [-0.15, -0.1) is 34.0 Å². The summed E-state index contributed by atoms with van der Waals surface area (Å²) < 4.78 is 0. The van der Waals surface area contributed by atoms with Crippen molar-refractivity contribution in [3.8, 4) is 37.4 Å². The van der Waals surface area contributed by atoms with Crippen LogP contribution in [0.3, 0.4) is 0 Å². The number of hydrogen-bond donors (Lipinski definition) is 0. The Morgan fingerprint density at radius 2 is 1.54 bits per heavy atom. The molecule has 0 bridgehead atoms. The van der Waals surface area contributed by atoms with Crippen molar-refractivity contribution < 1.29 is 0 Å². The summed E-state index contributed by atoms with van der Waals surface area (Å²) in [7, 11) is 0. The van der Waals surface area contributed by atoms with E-state index in [9.17, 15) is 5.26 Å². The number of allylic oxidation sites excluding steroid dienone is 1. The van der Waals surface area contributed by atoms with E-state index in [4.69, 9.17) is 0 Å². The molecule has 1 aliphatic carbocycles. The van der Waals surface area contributed by atoms with Gasteiger partial charge in [0.05, 0.1) is 5.57 Å². The molecule has 0 spiro atoms. The summed E-state index contributed by atoms with van der Waals surface area (Å²) in [5, 5.41) is 11.6. The van der Waals surface area contributed by atoms with Crippen LogP contribution in [0, 0.1) is 18.3 Å². The van der Waals surface area contributed by atoms with Crippen LogP contribution in [0.5, 0.6) is 0 Å². The van der Waals surface area contributed by atoms with Gasteiger partial charge in [-0.2, -0.15) is 5.26 Å². The third-order valence-electron chi connectivity index (χ3n) is 6.79. The number of nitriles is 1. The monoisotopic (exact) mass is 505 g/mol. The molecular formula is C31H23NS3. The molecule has 0 atom stereocenters. The van der Waals surface area contributed by atoms with Crippen molar-refractivity contribution in [1.82, 2.24) is 0 Å². The van der Waals surface area contributed by atoms with Crippen LogP contribution in [-0.4, -0.2) is 0 Å². The van der Waals surface area contributed by atoms with Crippen LogP contribution < -0.4 is 0 Å². The lowest BCUT2D eigenvalue weighted by molar-refractivity contribution is 0.660. The molecule has 0 aliphatic heterocycles. The summed E-state index contributed by atoms with van der Waals surface area (Å²) in [6.45, 7) is 6.85. The third-order valence-corrected chi connectivity index (χ3v) is 10.1. The second-order valence-corrected chi connectivity index (χ2v) is 12.6. The summed E-state index contributed by atoms with van der Waals surface area (Å²) in [5.41, 5.74) is 8.88. The number of aryl methyl sites for hydroxylation is 1. The summed E-state index contributed by atoms with van der Waals surface area (Å²) in [6.07, 6.45) is 2.00. The quantitative estimate of drug-likeness (QED) is 0.223. The van der Waals surface area contributed by atoms with E-state index in [1.807, 2.05) is 34.9 Å². The molecule has 5 aromatic rings. The van der Waals surface area contributed by atoms with Crippen LogP contribution in [0.15, 0.2) is 78.2 Å². The van der Waals surface area contributed by atoms with E-state index in [2.05, 4.69) is 87.5 Å². The fourth-order valence-corrected chi connectivity index (χ4v) is 7.66. The lowest BCUT2D eigenvalue weighted by atomic mass is 9.81. The van der Waals surface area contributed by atoms with Gasteiger partial charge in [0, 0.05) is 29.8 Å². The van der Waals surface area contributed by atoms with Crippen molar-refractivity contribution in [2.45, 2.75) is 26.2 Å². The lowest BCUT2D eigenvalue weighted by Crippen LogP contribution is -2.15. The predicted octanol–water partition coefficient (Wildman–Crippen LogP) is 9.88. The Hall–Kier alpha value is -3.23. The number of thiophene rings is 3. The maximum absolute atomic E-state index is 9.58. The SMILES string of the molecule is Cc1ccc2c(c1)C(C)(C)c1cc(-c3ccc(-c4ccc(/C=C(\C#N)c5cccs5)s4)s3)ccc1-2. The molecule has 6 rings (SSSR count). The highest BCUT2D eigenvalue weighted by Gasteiger charge is 2.35. The largest absolute Gasteiger partial charge is 0.192 e. The Balaban J connectivity index is 1.31. The van der Waals surface area contributed by atoms with Gasteiger partial charge in [-0.3, -0.25) is 0 Å². The van der Waals surface area contributed by atoms with Crippen LogP contribution in [-0.2, 0) is 5.41 Å². The second-order valence-electron chi connectivity index (χ2n) is 9.45. The average Bonchev–Trinajstić information content (AvgIpc) is 3.65. The normalized spacial score (nSPS) is 13.9. The minimum absolute atomic E-state index is 0.00276. The maximum Gasteiger partial charge on any atom is 0.101 e. The summed E-state index contributed by atoms with van der Waals surface area (Å²) in [4.78, 5) is 5.90. The van der Waals surface area contributed by atoms with E-state index < -0.39 is 0 Å². The maximum atomic E-state index is 9.58. The number of benzene rings is 2. The zero-order valence-corrected chi connectivity index (χ0v) is 22.2. The van der Waals surface area contributed by atoms with E-state index in [0.717, 1.165) is 15.3 Å². The van der Waals surface area contributed by atoms with Gasteiger partial charge in [-0.1, -0.05) is 55.8 Å². The topological polar surface area (TPSA) is 23.8 Å². The zero-order valence-electron chi connectivity index (χ0n) is 19.8. The van der Waals surface area contributed by atoms with E-state index in [1.165, 1.54) is 48.0 Å². The van der Waals surface area contributed by atoms with Gasteiger partial charge in [0.25, 0.3) is 0 Å². The minimum Gasteiger partial charge on any atom is -0.192 e. The predicted molar refractivity (Wildman–Crippen MR) is 153 cm³/mol. The van der Waals surface area contributed by atoms with Gasteiger partial charge in [0.2, 0.25) is 0 Å². The van der Waals surface area contributed by atoms with Crippen LogP contribution in [0.4, 0.5) is 0 Å². The fourth-order valence-electron chi connectivity index (χ4n) is 4.93. The molecule has 0 amide bonds. The molecule has 1 aliphatic rings. The Labute approximate surface area is 218 Å². The van der Waals surface area contributed by atoms with Crippen molar-refractivity contribution in [2.24, 2.45) is 0 Å². The Morgan fingerprint density at radius 3 is 2.31 bits per heavy atom. The summed E-state index contributed by atoms with van der Waals surface area (Å²) in [5.74, 6) is 0. The van der Waals surface area contributed by atoms with Crippen LogP contribution in [0.25, 0.3) is 43.0 Å². The van der Waals surface area contributed by atoms with Crippen molar-refractivity contribution in [3.63, 3.8) is 0 Å². The van der Waals surface area contributed by atoms with Crippen molar-refractivity contribution in [3.05, 3.63) is 105 Å². The summed E-state index contributed by atoms with van der Waals surface area (Å²) in [6, 6.07) is 28.9. The summed E-state index contributed by atoms with van der Waals surface area (Å²) >= 11 is 5.17. The second kappa shape index (κ2) is 8.46. The molecule has 0 saturated heterocycles. The number of fused-ring (bicyclic) bond motifs is 3. The van der Waals surface area contributed by atoms with Crippen molar-refractivity contribution in [1.29, 1.82) is 5.26 Å². The molecule has 170 valence electrons. The molecule has 0 radical (unpaired) electrons. The van der Waals surface area contributed by atoms with Gasteiger partial charge >= 0.3 is 0 Å². The van der Waals surface area contributed by atoms with Crippen LogP contribution in [0.1, 0.15) is 40.3 Å². The fraction of sp³-hybridized carbons (Fsp3) is 0.129. The number of hydrogen-bond acceptors (Lipinski definition) is 4. The third kappa shape index (κ3) is 3.81. The standard InChI is InChI=1S/C31H23NS3/c1-19-6-9-23-24-10-7-20(17-26(24)31(2,3)25(23)15-19)28-12-13-30(35-28)29-11-8-22(34-29)16-21(18-32)27-5-4-14-33-27/h4-17H,1-3H3/b21-16+. The first-order valence-corrected chi connectivity index (χ1v) is 14.1. The molecule has 0 unspecified atom stereocenters. The van der Waals surface area contributed by atoms with Crippen molar-refractivity contribution in [2.75, 3.05) is 0 Å². The minimum atomic E-state index is 0.00276. The Bertz CT molecular complexity index is 1630. The van der Waals surface area contributed by atoms with Gasteiger partial charge in [0.15, 0.2) is 0 Å². The number of nitrogens with zero attached hydrogens (tertiary/aromatic N) is 1. The van der Waals surface area contributed by atoms with E-state index in [1.54, 1.807) is 22.7 Å². The van der Waals surface area contributed by atoms with E-state index in [0.29, 0.717) is 0 Å². The van der Waals surface area contributed by atoms with Gasteiger partial charge in [-0.05, 0) is 82.6 Å². The molecule has 3 heterocycles. The first-order valence-electron chi connectivity index (χ1n) is 11.6. The molecule has 0 saturated carbocycles. The van der Waals surface area contributed by atoms with Crippen LogP contribution in [0.2, 0.25) is 0 Å². The van der Waals surface area contributed by atoms with E-state index >= 15 is 0 Å². The molecule has 0 N–H and O–H groups in total. The molecule has 2 aromatic carbocycles. The smallest absolute Gasteiger partial charge is 0.101 e. The average molecular weight is 506 g/mol. The van der Waals surface area contributed by atoms with Crippen LogP contribution >= 0.6 is 34.0 Å². The van der Waals surface area contributed by atoms with E-state index in [-0.39, 0.29) is 5.41 Å². The highest BCUT2D eigenvalue weighted by Crippen LogP contribution is 2.50. The first kappa shape index (κ1) is 22.2. The molecule has 1 nitrogen and oxygen atoms in total. The van der Waals surface area contributed by atoms with Gasteiger partial charge in [-0.25, -0.2) is 0 Å². The first-order chi connectivity index (χ1) is 16.9. The lowest BCUT2D eigenvalue weighted by Gasteiger charge is -2.22. The Morgan fingerprint density at radius 1 is 0.829 bits per heavy atom. The molecule has 4 heteroatoms.